The third kappa shape index (κ3) is 3.69. The average Bonchev–Trinajstić information content (AvgIpc) is 3.44. The number of amides is 1. The maximum Gasteiger partial charge on any atom is 0.222 e. The standard InChI is InChI=1S/C24H30N4O2/c1-30-15-17-8-11-28(14-17)22(29)12-16-2-4-18(5-3-16)19-6-9-25-21-13-27-24-20(23(19)21)7-10-26-24/h6-7,9-10,13,16-18H,2-5,8,11-12,14-15H2,1H3,(H,26,27). The molecule has 0 radical (unpaired) electrons. The van der Waals surface area contributed by atoms with E-state index in [1.807, 2.05) is 18.6 Å². The molecule has 0 bridgehead atoms. The Morgan fingerprint density at radius 3 is 2.87 bits per heavy atom. The maximum absolute atomic E-state index is 12.8. The molecule has 6 nitrogen and oxygen atoms in total. The Labute approximate surface area is 177 Å². The molecule has 3 aromatic heterocycles. The fraction of sp³-hybridized carbons (Fsp3) is 0.542. The first kappa shape index (κ1) is 19.5. The Bertz CT molecular complexity index is 1040. The summed E-state index contributed by atoms with van der Waals surface area (Å²) in [6.45, 7) is 2.52. The fourth-order valence-electron chi connectivity index (χ4n) is 5.50. The van der Waals surface area contributed by atoms with Crippen LogP contribution < -0.4 is 0 Å². The zero-order valence-corrected chi connectivity index (χ0v) is 17.6. The number of nitrogens with zero attached hydrogens (tertiary/aromatic N) is 3. The minimum absolute atomic E-state index is 0.339. The van der Waals surface area contributed by atoms with Gasteiger partial charge in [-0.15, -0.1) is 0 Å². The first-order valence-corrected chi connectivity index (χ1v) is 11.2. The molecule has 1 aliphatic carbocycles. The molecule has 1 N–H and O–H groups in total. The molecule has 1 saturated heterocycles. The van der Waals surface area contributed by atoms with Crippen molar-refractivity contribution in [2.45, 2.75) is 44.4 Å². The summed E-state index contributed by atoms with van der Waals surface area (Å²) >= 11 is 0. The second kappa shape index (κ2) is 8.34. The summed E-state index contributed by atoms with van der Waals surface area (Å²) in [6.07, 6.45) is 12.0. The number of ether oxygens (including phenoxy) is 1. The van der Waals surface area contributed by atoms with Crippen molar-refractivity contribution in [3.63, 3.8) is 0 Å². The number of aromatic amines is 1. The smallest absolute Gasteiger partial charge is 0.222 e. The second-order valence-corrected chi connectivity index (χ2v) is 9.03. The second-order valence-electron chi connectivity index (χ2n) is 9.03. The molecule has 30 heavy (non-hydrogen) atoms. The molecule has 1 atom stereocenters. The largest absolute Gasteiger partial charge is 0.384 e. The van der Waals surface area contributed by atoms with Crippen LogP contribution in [-0.2, 0) is 9.53 Å². The SMILES string of the molecule is COCC1CCN(C(=O)CC2CCC(c3ccnc4cnc5[nH]ccc5c34)CC2)C1. The van der Waals surface area contributed by atoms with Gasteiger partial charge < -0.3 is 14.6 Å². The van der Waals surface area contributed by atoms with E-state index in [1.54, 1.807) is 7.11 Å². The number of nitrogens with one attached hydrogen (secondary N) is 1. The van der Waals surface area contributed by atoms with Gasteiger partial charge in [-0.3, -0.25) is 9.78 Å². The van der Waals surface area contributed by atoms with Gasteiger partial charge in [0.05, 0.1) is 18.3 Å². The van der Waals surface area contributed by atoms with Crippen molar-refractivity contribution >= 4 is 27.8 Å². The summed E-state index contributed by atoms with van der Waals surface area (Å²) in [4.78, 5) is 27.1. The Hall–Kier alpha value is -2.47. The molecule has 1 aliphatic heterocycles. The van der Waals surface area contributed by atoms with Gasteiger partial charge in [-0.2, -0.15) is 0 Å². The number of hydrogen-bond donors (Lipinski definition) is 1. The molecular formula is C24H30N4O2. The van der Waals surface area contributed by atoms with E-state index in [9.17, 15) is 4.79 Å². The van der Waals surface area contributed by atoms with Crippen molar-refractivity contribution in [2.75, 3.05) is 26.8 Å². The molecule has 1 amide bonds. The first-order chi connectivity index (χ1) is 14.7. The summed E-state index contributed by atoms with van der Waals surface area (Å²) in [5, 5.41) is 2.40. The summed E-state index contributed by atoms with van der Waals surface area (Å²) in [7, 11) is 1.74. The van der Waals surface area contributed by atoms with Gasteiger partial charge in [-0.05, 0) is 61.6 Å². The van der Waals surface area contributed by atoms with Crippen LogP contribution in [0.2, 0.25) is 0 Å². The molecule has 6 heteroatoms. The van der Waals surface area contributed by atoms with Crippen molar-refractivity contribution < 1.29 is 9.53 Å². The van der Waals surface area contributed by atoms with Crippen LogP contribution in [-0.4, -0.2) is 52.6 Å². The summed E-state index contributed by atoms with van der Waals surface area (Å²) in [5.74, 6) is 1.89. The Kier molecular flexibility index (Phi) is 5.42. The lowest BCUT2D eigenvalue weighted by Gasteiger charge is -2.30. The van der Waals surface area contributed by atoms with Gasteiger partial charge in [0.25, 0.3) is 0 Å². The van der Waals surface area contributed by atoms with Crippen LogP contribution in [0.1, 0.15) is 50.0 Å². The monoisotopic (exact) mass is 406 g/mol. The fourth-order valence-corrected chi connectivity index (χ4v) is 5.50. The number of fused-ring (bicyclic) bond motifs is 3. The zero-order chi connectivity index (χ0) is 20.5. The summed E-state index contributed by atoms with van der Waals surface area (Å²) in [5.41, 5.74) is 3.28. The van der Waals surface area contributed by atoms with Gasteiger partial charge >= 0.3 is 0 Å². The van der Waals surface area contributed by atoms with Gasteiger partial charge in [0.2, 0.25) is 5.91 Å². The Morgan fingerprint density at radius 2 is 2.03 bits per heavy atom. The molecule has 0 aromatic carbocycles. The van der Waals surface area contributed by atoms with Crippen molar-refractivity contribution in [3.8, 4) is 0 Å². The van der Waals surface area contributed by atoms with Gasteiger partial charge in [-0.25, -0.2) is 4.98 Å². The minimum atomic E-state index is 0.339. The van der Waals surface area contributed by atoms with Gasteiger partial charge in [0, 0.05) is 55.7 Å². The van der Waals surface area contributed by atoms with Gasteiger partial charge in [0.15, 0.2) is 0 Å². The molecular weight excluding hydrogens is 376 g/mol. The number of methoxy groups -OCH3 is 1. The predicted molar refractivity (Wildman–Crippen MR) is 117 cm³/mol. The van der Waals surface area contributed by atoms with E-state index in [1.165, 1.54) is 10.9 Å². The topological polar surface area (TPSA) is 71.1 Å². The molecule has 0 spiro atoms. The van der Waals surface area contributed by atoms with Crippen molar-refractivity contribution in [3.05, 3.63) is 36.3 Å². The molecule has 4 heterocycles. The number of hydrogen-bond acceptors (Lipinski definition) is 4. The number of aromatic nitrogens is 3. The van der Waals surface area contributed by atoms with Crippen molar-refractivity contribution in [2.24, 2.45) is 11.8 Å². The molecule has 2 aliphatic rings. The number of rotatable bonds is 5. The van der Waals surface area contributed by atoms with Crippen LogP contribution in [0.4, 0.5) is 0 Å². The lowest BCUT2D eigenvalue weighted by molar-refractivity contribution is -0.131. The number of carbonyl (C=O) groups is 1. The van der Waals surface area contributed by atoms with Crippen LogP contribution in [0.15, 0.2) is 30.7 Å². The quantitative estimate of drug-likeness (QED) is 0.687. The Morgan fingerprint density at radius 1 is 1.17 bits per heavy atom. The normalized spacial score (nSPS) is 24.7. The Balaban J connectivity index is 1.25. The average molecular weight is 407 g/mol. The highest BCUT2D eigenvalue weighted by atomic mass is 16.5. The van der Waals surface area contributed by atoms with Crippen molar-refractivity contribution in [1.82, 2.24) is 19.9 Å². The van der Waals surface area contributed by atoms with Crippen LogP contribution in [0.3, 0.4) is 0 Å². The third-order valence-electron chi connectivity index (χ3n) is 7.11. The van der Waals surface area contributed by atoms with Crippen molar-refractivity contribution in [1.29, 1.82) is 0 Å². The highest BCUT2D eigenvalue weighted by Gasteiger charge is 2.30. The molecule has 158 valence electrons. The number of carbonyl (C=O) groups excluding carboxylic acids is 1. The molecule has 3 aromatic rings. The zero-order valence-electron chi connectivity index (χ0n) is 17.6. The molecule has 5 rings (SSSR count). The van der Waals surface area contributed by atoms with E-state index in [4.69, 9.17) is 4.74 Å². The molecule has 2 fully saturated rings. The maximum atomic E-state index is 12.8. The minimum Gasteiger partial charge on any atom is -0.384 e. The van der Waals surface area contributed by atoms with Gasteiger partial charge in [-0.1, -0.05) is 0 Å². The lowest BCUT2D eigenvalue weighted by Crippen LogP contribution is -2.31. The van der Waals surface area contributed by atoms with E-state index in [-0.39, 0.29) is 0 Å². The highest BCUT2D eigenvalue weighted by Crippen LogP contribution is 2.41. The lowest BCUT2D eigenvalue weighted by atomic mass is 9.76. The van der Waals surface area contributed by atoms with Crippen LogP contribution in [0.25, 0.3) is 21.9 Å². The number of likely N-dealkylation sites (tertiary alicyclic amines) is 1. The predicted octanol–water partition coefficient (Wildman–Crippen LogP) is 4.27. The summed E-state index contributed by atoms with van der Waals surface area (Å²) in [6, 6.07) is 4.29. The van der Waals surface area contributed by atoms with E-state index in [0.717, 1.165) is 68.4 Å². The number of H-pyrrole nitrogens is 1. The number of pyridine rings is 2. The van der Waals surface area contributed by atoms with E-state index >= 15 is 0 Å². The third-order valence-corrected chi connectivity index (χ3v) is 7.11. The van der Waals surface area contributed by atoms with Gasteiger partial charge in [0.1, 0.15) is 5.65 Å². The van der Waals surface area contributed by atoms with E-state index in [2.05, 4.69) is 32.0 Å². The molecule has 1 saturated carbocycles. The summed E-state index contributed by atoms with van der Waals surface area (Å²) < 4.78 is 5.26. The first-order valence-electron chi connectivity index (χ1n) is 11.2. The molecule has 1 unspecified atom stereocenters. The highest BCUT2D eigenvalue weighted by molar-refractivity contribution is 6.05. The van der Waals surface area contributed by atoms with Crippen LogP contribution in [0, 0.1) is 11.8 Å². The van der Waals surface area contributed by atoms with E-state index < -0.39 is 0 Å². The van der Waals surface area contributed by atoms with Crippen LogP contribution in [0.5, 0.6) is 0 Å². The van der Waals surface area contributed by atoms with Crippen LogP contribution >= 0.6 is 0 Å². The van der Waals surface area contributed by atoms with E-state index in [0.29, 0.717) is 30.1 Å².